The SMILES string of the molecule is CC(CN)C(C)NC(=O)Nc1ccc(F)cc1F. The van der Waals surface area contributed by atoms with E-state index in [9.17, 15) is 13.6 Å². The summed E-state index contributed by atoms with van der Waals surface area (Å²) < 4.78 is 25.9. The Morgan fingerprint density at radius 1 is 1.39 bits per heavy atom. The van der Waals surface area contributed by atoms with Crippen LogP contribution in [0, 0.1) is 17.6 Å². The van der Waals surface area contributed by atoms with Gasteiger partial charge in [-0.05, 0) is 31.5 Å². The third kappa shape index (κ3) is 3.96. The fourth-order valence-electron chi connectivity index (χ4n) is 1.30. The number of carbonyl (C=O) groups excluding carboxylic acids is 1. The van der Waals surface area contributed by atoms with Crippen LogP contribution in [0.3, 0.4) is 0 Å². The fraction of sp³-hybridized carbons (Fsp3) is 0.417. The van der Waals surface area contributed by atoms with Crippen LogP contribution < -0.4 is 16.4 Å². The van der Waals surface area contributed by atoms with Crippen molar-refractivity contribution in [2.24, 2.45) is 11.7 Å². The van der Waals surface area contributed by atoms with E-state index in [1.165, 1.54) is 6.07 Å². The minimum Gasteiger partial charge on any atom is -0.335 e. The van der Waals surface area contributed by atoms with Gasteiger partial charge in [-0.1, -0.05) is 6.92 Å². The lowest BCUT2D eigenvalue weighted by atomic mass is 10.0. The molecule has 0 saturated heterocycles. The lowest BCUT2D eigenvalue weighted by molar-refractivity contribution is 0.245. The number of urea groups is 1. The molecule has 4 nitrogen and oxygen atoms in total. The lowest BCUT2D eigenvalue weighted by Gasteiger charge is -2.20. The Balaban J connectivity index is 2.59. The van der Waals surface area contributed by atoms with Crippen LogP contribution in [-0.2, 0) is 0 Å². The van der Waals surface area contributed by atoms with Crippen molar-refractivity contribution in [3.05, 3.63) is 29.8 Å². The highest BCUT2D eigenvalue weighted by Gasteiger charge is 2.14. The first kappa shape index (κ1) is 14.4. The molecule has 2 amide bonds. The van der Waals surface area contributed by atoms with Gasteiger partial charge in [0.15, 0.2) is 0 Å². The number of nitrogens with one attached hydrogen (secondary N) is 2. The molecule has 0 aliphatic rings. The van der Waals surface area contributed by atoms with Crippen LogP contribution in [-0.4, -0.2) is 18.6 Å². The second kappa shape index (κ2) is 6.30. The first-order valence-corrected chi connectivity index (χ1v) is 5.66. The lowest BCUT2D eigenvalue weighted by Crippen LogP contribution is -2.42. The first-order valence-electron chi connectivity index (χ1n) is 5.66. The number of hydrogen-bond acceptors (Lipinski definition) is 2. The third-order valence-corrected chi connectivity index (χ3v) is 2.76. The van der Waals surface area contributed by atoms with Crippen LogP contribution in [0.2, 0.25) is 0 Å². The van der Waals surface area contributed by atoms with Gasteiger partial charge >= 0.3 is 6.03 Å². The molecule has 2 atom stereocenters. The van der Waals surface area contributed by atoms with Crippen molar-refractivity contribution in [1.29, 1.82) is 0 Å². The van der Waals surface area contributed by atoms with Gasteiger partial charge in [0.2, 0.25) is 0 Å². The Morgan fingerprint density at radius 2 is 2.06 bits per heavy atom. The van der Waals surface area contributed by atoms with Gasteiger partial charge in [0, 0.05) is 12.1 Å². The molecule has 0 radical (unpaired) electrons. The average molecular weight is 257 g/mol. The largest absolute Gasteiger partial charge is 0.335 e. The van der Waals surface area contributed by atoms with Gasteiger partial charge in [0.1, 0.15) is 11.6 Å². The molecule has 0 fully saturated rings. The van der Waals surface area contributed by atoms with Gasteiger partial charge in [0.05, 0.1) is 5.69 Å². The number of rotatable bonds is 4. The summed E-state index contributed by atoms with van der Waals surface area (Å²) in [6.45, 7) is 4.13. The van der Waals surface area contributed by atoms with Crippen LogP contribution >= 0.6 is 0 Å². The molecule has 1 aromatic rings. The highest BCUT2D eigenvalue weighted by atomic mass is 19.1. The number of nitrogens with two attached hydrogens (primary N) is 1. The predicted molar refractivity (Wildman–Crippen MR) is 66.2 cm³/mol. The van der Waals surface area contributed by atoms with Gasteiger partial charge < -0.3 is 16.4 Å². The molecule has 0 aliphatic heterocycles. The quantitative estimate of drug-likeness (QED) is 0.773. The Morgan fingerprint density at radius 3 is 2.61 bits per heavy atom. The summed E-state index contributed by atoms with van der Waals surface area (Å²) in [6, 6.07) is 2.26. The maximum Gasteiger partial charge on any atom is 0.319 e. The molecule has 2 unspecified atom stereocenters. The fourth-order valence-corrected chi connectivity index (χ4v) is 1.30. The van der Waals surface area contributed by atoms with E-state index in [1.54, 1.807) is 6.92 Å². The Bertz CT molecular complexity index is 426. The predicted octanol–water partition coefficient (Wildman–Crippen LogP) is 2.07. The summed E-state index contributed by atoms with van der Waals surface area (Å²) >= 11 is 0. The summed E-state index contributed by atoms with van der Waals surface area (Å²) in [7, 11) is 0. The molecular formula is C12H17F2N3O. The van der Waals surface area contributed by atoms with E-state index in [-0.39, 0.29) is 17.6 Å². The molecule has 0 aromatic heterocycles. The van der Waals surface area contributed by atoms with Crippen molar-refractivity contribution in [2.45, 2.75) is 19.9 Å². The van der Waals surface area contributed by atoms with Crippen molar-refractivity contribution in [3.8, 4) is 0 Å². The second-order valence-electron chi connectivity index (χ2n) is 4.22. The Hall–Kier alpha value is -1.69. The first-order chi connectivity index (χ1) is 8.43. The molecule has 0 spiro atoms. The molecular weight excluding hydrogens is 240 g/mol. The van der Waals surface area contributed by atoms with E-state index in [4.69, 9.17) is 5.73 Å². The van der Waals surface area contributed by atoms with E-state index in [0.29, 0.717) is 12.6 Å². The molecule has 0 aliphatic carbocycles. The van der Waals surface area contributed by atoms with E-state index in [1.807, 2.05) is 6.92 Å². The monoisotopic (exact) mass is 257 g/mol. The summed E-state index contributed by atoms with van der Waals surface area (Å²) in [5.41, 5.74) is 5.40. The van der Waals surface area contributed by atoms with Crippen LogP contribution in [0.15, 0.2) is 18.2 Å². The van der Waals surface area contributed by atoms with Gasteiger partial charge in [0.25, 0.3) is 0 Å². The molecule has 1 rings (SSSR count). The summed E-state index contributed by atoms with van der Waals surface area (Å²) in [6.07, 6.45) is 0. The molecule has 4 N–H and O–H groups in total. The van der Waals surface area contributed by atoms with E-state index >= 15 is 0 Å². The van der Waals surface area contributed by atoms with Crippen molar-refractivity contribution in [3.63, 3.8) is 0 Å². The smallest absolute Gasteiger partial charge is 0.319 e. The molecule has 0 heterocycles. The zero-order chi connectivity index (χ0) is 13.7. The third-order valence-electron chi connectivity index (χ3n) is 2.76. The highest BCUT2D eigenvalue weighted by molar-refractivity contribution is 5.89. The van der Waals surface area contributed by atoms with Gasteiger partial charge in [-0.2, -0.15) is 0 Å². The number of benzene rings is 1. The number of halogens is 2. The summed E-state index contributed by atoms with van der Waals surface area (Å²) in [5, 5.41) is 4.95. The Kier molecular flexibility index (Phi) is 5.03. The van der Waals surface area contributed by atoms with Gasteiger partial charge in [-0.3, -0.25) is 0 Å². The van der Waals surface area contributed by atoms with Gasteiger partial charge in [-0.15, -0.1) is 0 Å². The maximum atomic E-state index is 13.3. The zero-order valence-corrected chi connectivity index (χ0v) is 10.3. The second-order valence-corrected chi connectivity index (χ2v) is 4.22. The van der Waals surface area contributed by atoms with Gasteiger partial charge in [-0.25, -0.2) is 13.6 Å². The van der Waals surface area contributed by atoms with E-state index in [2.05, 4.69) is 10.6 Å². The molecule has 0 saturated carbocycles. The van der Waals surface area contributed by atoms with Crippen LogP contribution in [0.1, 0.15) is 13.8 Å². The number of amides is 2. The minimum absolute atomic E-state index is 0.0681. The normalized spacial score (nSPS) is 13.8. The van der Waals surface area contributed by atoms with E-state index in [0.717, 1.165) is 6.07 Å². The summed E-state index contributed by atoms with van der Waals surface area (Å²) in [4.78, 5) is 11.6. The number of carbonyl (C=O) groups is 1. The molecule has 18 heavy (non-hydrogen) atoms. The molecule has 6 heteroatoms. The number of hydrogen-bond donors (Lipinski definition) is 3. The minimum atomic E-state index is -0.815. The average Bonchev–Trinajstić information content (AvgIpc) is 2.31. The zero-order valence-electron chi connectivity index (χ0n) is 10.3. The highest BCUT2D eigenvalue weighted by Crippen LogP contribution is 2.14. The van der Waals surface area contributed by atoms with Crippen molar-refractivity contribution in [2.75, 3.05) is 11.9 Å². The molecule has 100 valence electrons. The maximum absolute atomic E-state index is 13.3. The molecule has 1 aromatic carbocycles. The van der Waals surface area contributed by atoms with E-state index < -0.39 is 17.7 Å². The summed E-state index contributed by atoms with van der Waals surface area (Å²) in [5.74, 6) is -1.40. The topological polar surface area (TPSA) is 67.1 Å². The molecule has 0 bridgehead atoms. The van der Waals surface area contributed by atoms with Crippen molar-refractivity contribution >= 4 is 11.7 Å². The number of anilines is 1. The Labute approximate surface area is 105 Å². The van der Waals surface area contributed by atoms with Crippen molar-refractivity contribution in [1.82, 2.24) is 5.32 Å². The van der Waals surface area contributed by atoms with Crippen LogP contribution in [0.4, 0.5) is 19.3 Å². The van der Waals surface area contributed by atoms with Crippen LogP contribution in [0.5, 0.6) is 0 Å². The van der Waals surface area contributed by atoms with Crippen LogP contribution in [0.25, 0.3) is 0 Å². The standard InChI is InChI=1S/C12H17F2N3O/c1-7(6-15)8(2)16-12(18)17-11-4-3-9(13)5-10(11)14/h3-5,7-8H,6,15H2,1-2H3,(H2,16,17,18). The van der Waals surface area contributed by atoms with Crippen molar-refractivity contribution < 1.29 is 13.6 Å².